The highest BCUT2D eigenvalue weighted by Gasteiger charge is 2.17. The van der Waals surface area contributed by atoms with Crippen molar-refractivity contribution in [3.63, 3.8) is 0 Å². The standard InChI is InChI=1S/C15H17N3O4/c1-2-10(16)15-18-11(7-20-15)14(19)17-6-9-3-4-12-13(5-9)22-8-21-12/h3-5,7,10H,2,6,8,16H2,1H3,(H,17,19). The molecule has 3 N–H and O–H groups in total. The molecule has 0 radical (unpaired) electrons. The maximum absolute atomic E-state index is 12.0. The molecule has 1 unspecified atom stereocenters. The molecular formula is C15H17N3O4. The number of nitrogens with zero attached hydrogens (tertiary/aromatic N) is 1. The van der Waals surface area contributed by atoms with Crippen LogP contribution in [-0.4, -0.2) is 17.7 Å². The Balaban J connectivity index is 1.61. The van der Waals surface area contributed by atoms with Crippen LogP contribution in [0.2, 0.25) is 0 Å². The normalized spacial score (nSPS) is 13.9. The predicted molar refractivity (Wildman–Crippen MR) is 77.5 cm³/mol. The zero-order chi connectivity index (χ0) is 15.5. The molecule has 1 aliphatic rings. The highest BCUT2D eigenvalue weighted by molar-refractivity contribution is 5.91. The summed E-state index contributed by atoms with van der Waals surface area (Å²) in [6, 6.07) is 5.23. The molecule has 0 fully saturated rings. The van der Waals surface area contributed by atoms with E-state index in [4.69, 9.17) is 19.6 Å². The Morgan fingerprint density at radius 3 is 3.05 bits per heavy atom. The summed E-state index contributed by atoms with van der Waals surface area (Å²) in [5.41, 5.74) is 6.94. The van der Waals surface area contributed by atoms with E-state index in [1.165, 1.54) is 6.26 Å². The number of carbonyl (C=O) groups is 1. The zero-order valence-corrected chi connectivity index (χ0v) is 12.2. The molecule has 2 heterocycles. The van der Waals surface area contributed by atoms with Crippen molar-refractivity contribution in [2.24, 2.45) is 5.73 Å². The Morgan fingerprint density at radius 2 is 2.23 bits per heavy atom. The van der Waals surface area contributed by atoms with Gasteiger partial charge in [0.2, 0.25) is 12.7 Å². The number of rotatable bonds is 5. The smallest absolute Gasteiger partial charge is 0.273 e. The summed E-state index contributed by atoms with van der Waals surface area (Å²) in [6.45, 7) is 2.51. The van der Waals surface area contributed by atoms with Gasteiger partial charge in [-0.2, -0.15) is 0 Å². The number of nitrogens with one attached hydrogen (secondary N) is 1. The zero-order valence-electron chi connectivity index (χ0n) is 12.2. The fourth-order valence-corrected chi connectivity index (χ4v) is 2.06. The van der Waals surface area contributed by atoms with Gasteiger partial charge in [0.15, 0.2) is 17.2 Å². The first-order valence-electron chi connectivity index (χ1n) is 7.05. The maximum Gasteiger partial charge on any atom is 0.273 e. The van der Waals surface area contributed by atoms with E-state index in [1.54, 1.807) is 0 Å². The number of aromatic nitrogens is 1. The largest absolute Gasteiger partial charge is 0.454 e. The third-order valence-corrected chi connectivity index (χ3v) is 3.40. The van der Waals surface area contributed by atoms with Crippen molar-refractivity contribution >= 4 is 5.91 Å². The minimum absolute atomic E-state index is 0.222. The second-order valence-electron chi connectivity index (χ2n) is 4.96. The molecule has 0 saturated heterocycles. The van der Waals surface area contributed by atoms with E-state index in [0.29, 0.717) is 30.4 Å². The van der Waals surface area contributed by atoms with Gasteiger partial charge in [0.25, 0.3) is 5.91 Å². The van der Waals surface area contributed by atoms with E-state index in [0.717, 1.165) is 5.56 Å². The lowest BCUT2D eigenvalue weighted by Gasteiger charge is -2.04. The molecule has 1 atom stereocenters. The topological polar surface area (TPSA) is 99.6 Å². The van der Waals surface area contributed by atoms with Gasteiger partial charge in [-0.1, -0.05) is 13.0 Å². The number of fused-ring (bicyclic) bond motifs is 1. The van der Waals surface area contributed by atoms with Crippen molar-refractivity contribution in [2.75, 3.05) is 6.79 Å². The molecule has 1 amide bonds. The van der Waals surface area contributed by atoms with Gasteiger partial charge in [-0.25, -0.2) is 4.98 Å². The van der Waals surface area contributed by atoms with Crippen LogP contribution >= 0.6 is 0 Å². The molecule has 1 aromatic carbocycles. The van der Waals surface area contributed by atoms with Crippen molar-refractivity contribution in [3.8, 4) is 11.5 Å². The Labute approximate surface area is 127 Å². The third-order valence-electron chi connectivity index (χ3n) is 3.40. The van der Waals surface area contributed by atoms with E-state index in [1.807, 2.05) is 25.1 Å². The van der Waals surface area contributed by atoms with E-state index in [9.17, 15) is 4.79 Å². The fraction of sp³-hybridized carbons (Fsp3) is 0.333. The van der Waals surface area contributed by atoms with E-state index in [-0.39, 0.29) is 24.4 Å². The average Bonchev–Trinajstić information content (AvgIpc) is 3.20. The second kappa shape index (κ2) is 6.07. The van der Waals surface area contributed by atoms with E-state index >= 15 is 0 Å². The lowest BCUT2D eigenvalue weighted by Crippen LogP contribution is -2.23. The molecule has 1 aromatic heterocycles. The molecule has 0 saturated carbocycles. The molecule has 7 heteroatoms. The van der Waals surface area contributed by atoms with Crippen LogP contribution in [0.4, 0.5) is 0 Å². The maximum atomic E-state index is 12.0. The highest BCUT2D eigenvalue weighted by atomic mass is 16.7. The quantitative estimate of drug-likeness (QED) is 0.873. The molecule has 0 aliphatic carbocycles. The molecule has 2 aromatic rings. The Morgan fingerprint density at radius 1 is 1.41 bits per heavy atom. The fourth-order valence-electron chi connectivity index (χ4n) is 2.06. The Bertz CT molecular complexity index is 683. The first-order valence-corrected chi connectivity index (χ1v) is 7.05. The SMILES string of the molecule is CCC(N)c1nc(C(=O)NCc2ccc3c(c2)OCO3)co1. The van der Waals surface area contributed by atoms with Crippen LogP contribution in [0.3, 0.4) is 0 Å². The van der Waals surface area contributed by atoms with Crippen LogP contribution in [0, 0.1) is 0 Å². The minimum atomic E-state index is -0.309. The number of carbonyl (C=O) groups excluding carboxylic acids is 1. The number of nitrogens with two attached hydrogens (primary N) is 1. The second-order valence-corrected chi connectivity index (χ2v) is 4.96. The van der Waals surface area contributed by atoms with E-state index < -0.39 is 0 Å². The summed E-state index contributed by atoms with van der Waals surface area (Å²) in [6.07, 6.45) is 2.01. The van der Waals surface area contributed by atoms with Crippen LogP contribution in [0.5, 0.6) is 11.5 Å². The van der Waals surface area contributed by atoms with Gasteiger partial charge in [-0.15, -0.1) is 0 Å². The third kappa shape index (κ3) is 2.89. The van der Waals surface area contributed by atoms with Crippen LogP contribution in [-0.2, 0) is 6.54 Å². The van der Waals surface area contributed by atoms with Gasteiger partial charge < -0.3 is 24.9 Å². The van der Waals surface area contributed by atoms with Crippen molar-refractivity contribution < 1.29 is 18.7 Å². The minimum Gasteiger partial charge on any atom is -0.454 e. The van der Waals surface area contributed by atoms with Crippen molar-refractivity contribution in [1.29, 1.82) is 0 Å². The van der Waals surface area contributed by atoms with Gasteiger partial charge in [0, 0.05) is 6.54 Å². The molecule has 0 bridgehead atoms. The number of benzene rings is 1. The lowest BCUT2D eigenvalue weighted by atomic mass is 10.2. The van der Waals surface area contributed by atoms with Crippen LogP contribution in [0.15, 0.2) is 28.9 Å². The summed E-state index contributed by atoms with van der Waals surface area (Å²) in [4.78, 5) is 16.1. The highest BCUT2D eigenvalue weighted by Crippen LogP contribution is 2.32. The van der Waals surface area contributed by atoms with Gasteiger partial charge in [-0.05, 0) is 24.1 Å². The molecule has 22 heavy (non-hydrogen) atoms. The number of hydrogen-bond donors (Lipinski definition) is 2. The number of ether oxygens (including phenoxy) is 2. The molecular weight excluding hydrogens is 286 g/mol. The first kappa shape index (κ1) is 14.4. The first-order chi connectivity index (χ1) is 10.7. The Kier molecular flexibility index (Phi) is 3.97. The summed E-state index contributed by atoms with van der Waals surface area (Å²) in [5.74, 6) is 1.46. The summed E-state index contributed by atoms with van der Waals surface area (Å²) >= 11 is 0. The molecule has 7 nitrogen and oxygen atoms in total. The molecule has 3 rings (SSSR count). The number of amides is 1. The van der Waals surface area contributed by atoms with Crippen LogP contribution in [0.25, 0.3) is 0 Å². The monoisotopic (exact) mass is 303 g/mol. The van der Waals surface area contributed by atoms with E-state index in [2.05, 4.69) is 10.3 Å². The molecule has 116 valence electrons. The van der Waals surface area contributed by atoms with Gasteiger partial charge in [-0.3, -0.25) is 4.79 Å². The predicted octanol–water partition coefficient (Wildman–Crippen LogP) is 1.74. The van der Waals surface area contributed by atoms with Crippen molar-refractivity contribution in [2.45, 2.75) is 25.9 Å². The van der Waals surface area contributed by atoms with Gasteiger partial charge in [0.1, 0.15) is 6.26 Å². The lowest BCUT2D eigenvalue weighted by molar-refractivity contribution is 0.0945. The molecule has 0 spiro atoms. The van der Waals surface area contributed by atoms with Crippen LogP contribution in [0.1, 0.15) is 41.3 Å². The number of oxazole rings is 1. The summed E-state index contributed by atoms with van der Waals surface area (Å²) < 4.78 is 15.8. The average molecular weight is 303 g/mol. The van der Waals surface area contributed by atoms with Crippen molar-refractivity contribution in [3.05, 3.63) is 41.6 Å². The summed E-state index contributed by atoms with van der Waals surface area (Å²) in [7, 11) is 0. The van der Waals surface area contributed by atoms with Gasteiger partial charge >= 0.3 is 0 Å². The van der Waals surface area contributed by atoms with Crippen LogP contribution < -0.4 is 20.5 Å². The molecule has 1 aliphatic heterocycles. The Hall–Kier alpha value is -2.54. The summed E-state index contributed by atoms with van der Waals surface area (Å²) in [5, 5.41) is 2.78. The van der Waals surface area contributed by atoms with Gasteiger partial charge in [0.05, 0.1) is 6.04 Å². The number of hydrogen-bond acceptors (Lipinski definition) is 6. The van der Waals surface area contributed by atoms with Crippen molar-refractivity contribution in [1.82, 2.24) is 10.3 Å².